The Morgan fingerprint density at radius 2 is 1.69 bits per heavy atom. The van der Waals surface area contributed by atoms with E-state index in [1.54, 1.807) is 37.3 Å². The Kier molecular flexibility index (Phi) is 9.12. The van der Waals surface area contributed by atoms with Crippen LogP contribution in [0.25, 0.3) is 0 Å². The van der Waals surface area contributed by atoms with E-state index < -0.39 is 34.5 Å². The highest BCUT2D eigenvalue weighted by Gasteiger charge is 2.29. The smallest absolute Gasteiger partial charge is 0.338 e. The average molecular weight is 594 g/mol. The Morgan fingerprint density at radius 1 is 1.00 bits per heavy atom. The molecule has 1 heterocycles. The summed E-state index contributed by atoms with van der Waals surface area (Å²) in [6.07, 6.45) is 0. The number of benzene rings is 3. The molecule has 0 saturated carbocycles. The van der Waals surface area contributed by atoms with E-state index in [0.29, 0.717) is 28.7 Å². The monoisotopic (exact) mass is 593 g/mol. The summed E-state index contributed by atoms with van der Waals surface area (Å²) >= 11 is 12.1. The maximum atomic E-state index is 13.2. The van der Waals surface area contributed by atoms with Gasteiger partial charge in [-0.3, -0.25) is 4.79 Å². The number of anilines is 1. The van der Waals surface area contributed by atoms with Crippen molar-refractivity contribution in [2.75, 3.05) is 37.7 Å². The molecule has 0 unspecified atom stereocenters. The second-order valence-electron chi connectivity index (χ2n) is 8.93. The maximum absolute atomic E-state index is 13.2. The predicted octanol–water partition coefficient (Wildman–Crippen LogP) is 4.68. The lowest BCUT2D eigenvalue weighted by atomic mass is 10.1. The number of carbonyl (C=O) groups is 2. The number of halogens is 3. The molecule has 1 saturated heterocycles. The fourth-order valence-corrected chi connectivity index (χ4v) is 6.24. The van der Waals surface area contributed by atoms with Gasteiger partial charge in [0.05, 0.1) is 16.5 Å². The van der Waals surface area contributed by atoms with Gasteiger partial charge in [-0.05, 0) is 67.1 Å². The van der Waals surface area contributed by atoms with E-state index in [-0.39, 0.29) is 29.4 Å². The summed E-state index contributed by atoms with van der Waals surface area (Å²) < 4.78 is 46.2. The molecule has 12 heteroatoms. The van der Waals surface area contributed by atoms with Gasteiger partial charge in [0, 0.05) is 41.9 Å². The molecule has 1 amide bonds. The predicted molar refractivity (Wildman–Crippen MR) is 147 cm³/mol. The van der Waals surface area contributed by atoms with Crippen molar-refractivity contribution >= 4 is 50.8 Å². The number of hydrogen-bond acceptors (Lipinski definition) is 6. The number of nitrogens with zero attached hydrogens (tertiary/aromatic N) is 2. The largest absolute Gasteiger partial charge is 0.452 e. The van der Waals surface area contributed by atoms with E-state index in [1.165, 1.54) is 40.7 Å². The zero-order valence-corrected chi connectivity index (χ0v) is 23.3. The molecule has 1 aliphatic heterocycles. The third kappa shape index (κ3) is 7.07. The van der Waals surface area contributed by atoms with Crippen molar-refractivity contribution in [2.45, 2.75) is 17.9 Å². The fourth-order valence-electron chi connectivity index (χ4n) is 4.20. The molecule has 3 aromatic rings. The fraction of sp³-hybridized carbons (Fsp3) is 0.259. The van der Waals surface area contributed by atoms with Crippen LogP contribution in [0.5, 0.6) is 0 Å². The zero-order valence-electron chi connectivity index (χ0n) is 20.9. The van der Waals surface area contributed by atoms with E-state index in [2.05, 4.69) is 5.32 Å². The third-order valence-electron chi connectivity index (χ3n) is 6.28. The Balaban J connectivity index is 1.33. The molecule has 0 aromatic heterocycles. The van der Waals surface area contributed by atoms with E-state index in [4.69, 9.17) is 27.9 Å². The molecular weight excluding hydrogens is 568 g/mol. The molecule has 206 valence electrons. The Hall–Kier alpha value is -3.18. The quantitative estimate of drug-likeness (QED) is 0.381. The Morgan fingerprint density at radius 3 is 2.36 bits per heavy atom. The van der Waals surface area contributed by atoms with Crippen LogP contribution in [-0.4, -0.2) is 57.4 Å². The molecule has 4 rings (SSSR count). The number of hydrogen-bond donors (Lipinski definition) is 1. The van der Waals surface area contributed by atoms with Crippen LogP contribution in [0.2, 0.25) is 10.0 Å². The molecule has 1 aliphatic rings. The first-order valence-electron chi connectivity index (χ1n) is 12.1. The normalized spacial score (nSPS) is 15.0. The molecule has 0 aliphatic carbocycles. The standard InChI is InChI=1S/C27H26Cl2FN3O5S/c1-18(24-10-5-20(28)16-25(24)29)31-26(34)17-38-27(35)19-3-2-4-23(15-19)39(36,37)33-13-11-32(12-14-33)22-8-6-21(30)7-9-22/h2-10,15-16,18H,11-14,17H2,1H3,(H,31,34)/t18-/m0/s1. The minimum Gasteiger partial charge on any atom is -0.452 e. The van der Waals surface area contributed by atoms with Crippen molar-refractivity contribution < 1.29 is 27.1 Å². The summed E-state index contributed by atoms with van der Waals surface area (Å²) in [5.74, 6) is -1.72. The maximum Gasteiger partial charge on any atom is 0.338 e. The molecular formula is C27H26Cl2FN3O5S. The molecule has 1 N–H and O–H groups in total. The first-order valence-corrected chi connectivity index (χ1v) is 14.3. The van der Waals surface area contributed by atoms with Gasteiger partial charge in [0.2, 0.25) is 10.0 Å². The molecule has 39 heavy (non-hydrogen) atoms. The third-order valence-corrected chi connectivity index (χ3v) is 8.74. The minimum absolute atomic E-state index is 0.00242. The van der Waals surface area contributed by atoms with Gasteiger partial charge in [0.1, 0.15) is 5.82 Å². The summed E-state index contributed by atoms with van der Waals surface area (Å²) in [6, 6.07) is 16.0. The Bertz CT molecular complexity index is 1460. The van der Waals surface area contributed by atoms with E-state index in [1.807, 2.05) is 4.90 Å². The highest BCUT2D eigenvalue weighted by atomic mass is 35.5. The number of amides is 1. The first kappa shape index (κ1) is 28.8. The van der Waals surface area contributed by atoms with Crippen LogP contribution in [0.15, 0.2) is 71.6 Å². The van der Waals surface area contributed by atoms with Crippen molar-refractivity contribution in [3.8, 4) is 0 Å². The molecule has 0 bridgehead atoms. The lowest BCUT2D eigenvalue weighted by Crippen LogP contribution is -2.48. The van der Waals surface area contributed by atoms with Gasteiger partial charge >= 0.3 is 5.97 Å². The molecule has 1 fully saturated rings. The minimum atomic E-state index is -3.88. The Labute approximate surface area is 236 Å². The van der Waals surface area contributed by atoms with Crippen LogP contribution in [0.4, 0.5) is 10.1 Å². The van der Waals surface area contributed by atoms with Crippen LogP contribution in [0.1, 0.15) is 28.9 Å². The number of carbonyl (C=O) groups excluding carboxylic acids is 2. The summed E-state index contributed by atoms with van der Waals surface area (Å²) in [6.45, 7) is 2.48. The van der Waals surface area contributed by atoms with E-state index in [0.717, 1.165) is 5.69 Å². The SMILES string of the molecule is C[C@H](NC(=O)COC(=O)c1cccc(S(=O)(=O)N2CCN(c3ccc(F)cc3)CC2)c1)c1ccc(Cl)cc1Cl. The summed E-state index contributed by atoms with van der Waals surface area (Å²) in [5.41, 5.74) is 1.47. The number of piperazine rings is 1. The van der Waals surface area contributed by atoms with Crippen molar-refractivity contribution in [1.82, 2.24) is 9.62 Å². The first-order chi connectivity index (χ1) is 18.5. The van der Waals surface area contributed by atoms with Gasteiger partial charge in [0.25, 0.3) is 5.91 Å². The second-order valence-corrected chi connectivity index (χ2v) is 11.7. The average Bonchev–Trinajstić information content (AvgIpc) is 2.92. The second kappa shape index (κ2) is 12.3. The topological polar surface area (TPSA) is 96.0 Å². The van der Waals surface area contributed by atoms with E-state index >= 15 is 0 Å². The van der Waals surface area contributed by atoms with Gasteiger partial charge in [-0.2, -0.15) is 4.31 Å². The van der Waals surface area contributed by atoms with Gasteiger partial charge in [-0.25, -0.2) is 17.6 Å². The highest BCUT2D eigenvalue weighted by Crippen LogP contribution is 2.26. The van der Waals surface area contributed by atoms with Gasteiger partial charge in [0.15, 0.2) is 6.61 Å². The summed E-state index contributed by atoms with van der Waals surface area (Å²) in [5, 5.41) is 3.55. The van der Waals surface area contributed by atoms with Crippen LogP contribution in [-0.2, 0) is 19.6 Å². The van der Waals surface area contributed by atoms with Crippen molar-refractivity contribution in [3.05, 3.63) is 93.7 Å². The summed E-state index contributed by atoms with van der Waals surface area (Å²) in [4.78, 5) is 26.9. The van der Waals surface area contributed by atoms with Crippen molar-refractivity contribution in [3.63, 3.8) is 0 Å². The lowest BCUT2D eigenvalue weighted by molar-refractivity contribution is -0.124. The van der Waals surface area contributed by atoms with Crippen molar-refractivity contribution in [1.29, 1.82) is 0 Å². The number of esters is 1. The summed E-state index contributed by atoms with van der Waals surface area (Å²) in [7, 11) is -3.88. The number of nitrogens with one attached hydrogen (secondary N) is 1. The van der Waals surface area contributed by atoms with Crippen molar-refractivity contribution in [2.24, 2.45) is 0 Å². The van der Waals surface area contributed by atoms with Crippen LogP contribution >= 0.6 is 23.2 Å². The van der Waals surface area contributed by atoms with Gasteiger partial charge in [-0.1, -0.05) is 35.3 Å². The van der Waals surface area contributed by atoms with Crippen LogP contribution in [0.3, 0.4) is 0 Å². The van der Waals surface area contributed by atoms with E-state index in [9.17, 15) is 22.4 Å². The molecule has 3 aromatic carbocycles. The molecule has 0 radical (unpaired) electrons. The highest BCUT2D eigenvalue weighted by molar-refractivity contribution is 7.89. The number of rotatable bonds is 8. The molecule has 1 atom stereocenters. The number of ether oxygens (including phenoxy) is 1. The molecule has 0 spiro atoms. The molecule has 8 nitrogen and oxygen atoms in total. The lowest BCUT2D eigenvalue weighted by Gasteiger charge is -2.35. The van der Waals surface area contributed by atoms with Crippen LogP contribution < -0.4 is 10.2 Å². The van der Waals surface area contributed by atoms with Gasteiger partial charge in [-0.15, -0.1) is 0 Å². The zero-order chi connectivity index (χ0) is 28.2. The number of sulfonamides is 1. The van der Waals surface area contributed by atoms with Crippen LogP contribution in [0, 0.1) is 5.82 Å². The van der Waals surface area contributed by atoms with Gasteiger partial charge < -0.3 is 15.0 Å².